The second kappa shape index (κ2) is 3.53. The smallest absolute Gasteiger partial charge is 0.221 e. The third-order valence-corrected chi connectivity index (χ3v) is 2.57. The molecular weight excluding hydrogens is 249 g/mol. The summed E-state index contributed by atoms with van der Waals surface area (Å²) in [6.45, 7) is 0. The first-order valence-electron chi connectivity index (χ1n) is 4.00. The molecule has 0 aliphatic carbocycles. The summed E-state index contributed by atoms with van der Waals surface area (Å²) < 4.78 is 19.1. The predicted molar refractivity (Wildman–Crippen MR) is 56.0 cm³/mol. The fraction of sp³-hybridized carbons (Fsp3) is 0.100. The summed E-state index contributed by atoms with van der Waals surface area (Å²) in [5.74, 6) is 0.151. The van der Waals surface area contributed by atoms with Crippen molar-refractivity contribution in [2.24, 2.45) is 0 Å². The van der Waals surface area contributed by atoms with E-state index in [-0.39, 0.29) is 5.82 Å². The Morgan fingerprint density at radius 2 is 2.21 bits per heavy atom. The molecule has 1 heterocycles. The summed E-state index contributed by atoms with van der Waals surface area (Å²) in [7, 11) is 1.51. The van der Waals surface area contributed by atoms with Crippen LogP contribution in [0, 0.1) is 5.82 Å². The number of pyridine rings is 1. The lowest BCUT2D eigenvalue weighted by Crippen LogP contribution is -1.91. The van der Waals surface area contributed by atoms with Crippen molar-refractivity contribution in [3.63, 3.8) is 0 Å². The highest BCUT2D eigenvalue weighted by molar-refractivity contribution is 9.10. The van der Waals surface area contributed by atoms with Crippen LogP contribution >= 0.6 is 15.9 Å². The van der Waals surface area contributed by atoms with E-state index in [1.165, 1.54) is 19.4 Å². The summed E-state index contributed by atoms with van der Waals surface area (Å²) in [6.07, 6.45) is 1.53. The Kier molecular flexibility index (Phi) is 2.37. The zero-order chi connectivity index (χ0) is 10.1. The molecule has 0 spiro atoms. The third kappa shape index (κ3) is 1.35. The first kappa shape index (κ1) is 9.40. The van der Waals surface area contributed by atoms with Crippen LogP contribution in [0.1, 0.15) is 0 Å². The average Bonchev–Trinajstić information content (AvgIpc) is 2.18. The van der Waals surface area contributed by atoms with E-state index in [1.807, 2.05) is 0 Å². The summed E-state index contributed by atoms with van der Waals surface area (Å²) in [4.78, 5) is 4.03. The second-order valence-corrected chi connectivity index (χ2v) is 3.63. The lowest BCUT2D eigenvalue weighted by atomic mass is 10.1. The van der Waals surface area contributed by atoms with Gasteiger partial charge in [-0.3, -0.25) is 0 Å². The van der Waals surface area contributed by atoms with Gasteiger partial charge >= 0.3 is 0 Å². The summed E-state index contributed by atoms with van der Waals surface area (Å²) in [6, 6.07) is 4.82. The van der Waals surface area contributed by atoms with E-state index >= 15 is 0 Å². The standard InChI is InChI=1S/C10H7BrFNO/c1-14-10-6-3-2-4-8(12)9(6)7(11)5-13-10/h2-5H,1H3. The van der Waals surface area contributed by atoms with Crippen molar-refractivity contribution >= 4 is 26.7 Å². The van der Waals surface area contributed by atoms with Crippen LogP contribution in [0.25, 0.3) is 10.8 Å². The molecule has 72 valence electrons. The monoisotopic (exact) mass is 255 g/mol. The lowest BCUT2D eigenvalue weighted by molar-refractivity contribution is 0.403. The van der Waals surface area contributed by atoms with Crippen molar-refractivity contribution in [1.82, 2.24) is 4.98 Å². The third-order valence-electron chi connectivity index (χ3n) is 1.97. The van der Waals surface area contributed by atoms with Gasteiger partial charge in [-0.1, -0.05) is 6.07 Å². The van der Waals surface area contributed by atoms with Gasteiger partial charge in [0, 0.05) is 21.4 Å². The number of rotatable bonds is 1. The molecule has 0 N–H and O–H groups in total. The molecule has 2 rings (SSSR count). The fourth-order valence-corrected chi connectivity index (χ4v) is 1.86. The maximum absolute atomic E-state index is 13.5. The van der Waals surface area contributed by atoms with E-state index in [0.29, 0.717) is 21.1 Å². The Morgan fingerprint density at radius 1 is 1.43 bits per heavy atom. The molecule has 0 amide bonds. The van der Waals surface area contributed by atoms with Gasteiger partial charge in [-0.2, -0.15) is 0 Å². The molecule has 0 unspecified atom stereocenters. The van der Waals surface area contributed by atoms with Crippen molar-refractivity contribution in [2.75, 3.05) is 7.11 Å². The maximum Gasteiger partial charge on any atom is 0.221 e. The van der Waals surface area contributed by atoms with Gasteiger partial charge in [0.05, 0.1) is 7.11 Å². The van der Waals surface area contributed by atoms with Crippen LogP contribution in [-0.2, 0) is 0 Å². The van der Waals surface area contributed by atoms with Crippen LogP contribution in [0.3, 0.4) is 0 Å². The molecule has 1 aromatic carbocycles. The van der Waals surface area contributed by atoms with Crippen LogP contribution in [0.15, 0.2) is 28.9 Å². The largest absolute Gasteiger partial charge is 0.481 e. The van der Waals surface area contributed by atoms with Crippen molar-refractivity contribution in [3.05, 3.63) is 34.7 Å². The molecule has 14 heavy (non-hydrogen) atoms. The highest BCUT2D eigenvalue weighted by atomic mass is 79.9. The number of aromatic nitrogens is 1. The molecule has 1 aromatic heterocycles. The first-order valence-corrected chi connectivity index (χ1v) is 4.80. The van der Waals surface area contributed by atoms with Crippen LogP contribution in [-0.4, -0.2) is 12.1 Å². The van der Waals surface area contributed by atoms with Crippen LogP contribution in [0.4, 0.5) is 4.39 Å². The summed E-state index contributed by atoms with van der Waals surface area (Å²) in [5, 5.41) is 1.17. The van der Waals surface area contributed by atoms with Gasteiger partial charge in [0.1, 0.15) is 5.82 Å². The molecule has 0 saturated carbocycles. The fourth-order valence-electron chi connectivity index (χ4n) is 1.36. The number of benzene rings is 1. The summed E-state index contributed by atoms with van der Waals surface area (Å²) in [5.41, 5.74) is 0. The number of ether oxygens (including phenoxy) is 1. The maximum atomic E-state index is 13.5. The molecule has 0 aliphatic heterocycles. The van der Waals surface area contributed by atoms with Gasteiger partial charge < -0.3 is 4.74 Å². The average molecular weight is 256 g/mol. The predicted octanol–water partition coefficient (Wildman–Crippen LogP) is 3.15. The molecule has 4 heteroatoms. The van der Waals surface area contributed by atoms with Crippen molar-refractivity contribution < 1.29 is 9.13 Å². The molecular formula is C10H7BrFNO. The molecule has 0 aliphatic rings. The number of hydrogen-bond donors (Lipinski definition) is 0. The van der Waals surface area contributed by atoms with Crippen molar-refractivity contribution in [2.45, 2.75) is 0 Å². The molecule has 2 nitrogen and oxygen atoms in total. The van der Waals surface area contributed by atoms with Crippen LogP contribution in [0.2, 0.25) is 0 Å². The molecule has 0 saturated heterocycles. The Labute approximate surface area is 88.8 Å². The Hall–Kier alpha value is -1.16. The SMILES string of the molecule is COc1ncc(Br)c2c(F)cccc12. The molecule has 0 bridgehead atoms. The van der Waals surface area contributed by atoms with Gasteiger partial charge in [-0.15, -0.1) is 0 Å². The van der Waals surface area contributed by atoms with Crippen LogP contribution in [0.5, 0.6) is 5.88 Å². The van der Waals surface area contributed by atoms with Crippen molar-refractivity contribution in [3.8, 4) is 5.88 Å². The Balaban J connectivity index is 2.91. The summed E-state index contributed by atoms with van der Waals surface area (Å²) >= 11 is 3.25. The normalized spacial score (nSPS) is 10.5. The minimum absolute atomic E-state index is 0.282. The van der Waals surface area contributed by atoms with Gasteiger partial charge in [0.2, 0.25) is 5.88 Å². The number of halogens is 2. The highest BCUT2D eigenvalue weighted by Crippen LogP contribution is 2.30. The highest BCUT2D eigenvalue weighted by Gasteiger charge is 2.09. The first-order chi connectivity index (χ1) is 6.74. The quantitative estimate of drug-likeness (QED) is 0.781. The minimum atomic E-state index is -0.282. The van der Waals surface area contributed by atoms with Crippen LogP contribution < -0.4 is 4.74 Å². The van der Waals surface area contributed by atoms with Gasteiger partial charge in [0.15, 0.2) is 0 Å². The van der Waals surface area contributed by atoms with E-state index in [0.717, 1.165) is 0 Å². The van der Waals surface area contributed by atoms with Gasteiger partial charge in [-0.05, 0) is 28.1 Å². The van der Waals surface area contributed by atoms with E-state index < -0.39 is 0 Å². The second-order valence-electron chi connectivity index (χ2n) is 2.78. The number of methoxy groups -OCH3 is 1. The molecule has 0 fully saturated rings. The lowest BCUT2D eigenvalue weighted by Gasteiger charge is -2.05. The van der Waals surface area contributed by atoms with E-state index in [2.05, 4.69) is 20.9 Å². The molecule has 2 aromatic rings. The number of fused-ring (bicyclic) bond motifs is 1. The molecule has 0 atom stereocenters. The number of hydrogen-bond acceptors (Lipinski definition) is 2. The van der Waals surface area contributed by atoms with Crippen molar-refractivity contribution in [1.29, 1.82) is 0 Å². The Morgan fingerprint density at radius 3 is 2.93 bits per heavy atom. The zero-order valence-corrected chi connectivity index (χ0v) is 9.01. The number of nitrogens with zero attached hydrogens (tertiary/aromatic N) is 1. The van der Waals surface area contributed by atoms with E-state index in [4.69, 9.17) is 4.74 Å². The Bertz CT molecular complexity index is 479. The topological polar surface area (TPSA) is 22.1 Å². The van der Waals surface area contributed by atoms with Gasteiger partial charge in [-0.25, -0.2) is 9.37 Å². The van der Waals surface area contributed by atoms with E-state index in [1.54, 1.807) is 12.1 Å². The molecule has 0 radical (unpaired) electrons. The van der Waals surface area contributed by atoms with Gasteiger partial charge in [0.25, 0.3) is 0 Å². The zero-order valence-electron chi connectivity index (χ0n) is 7.42. The van der Waals surface area contributed by atoms with E-state index in [9.17, 15) is 4.39 Å². The minimum Gasteiger partial charge on any atom is -0.481 e.